The van der Waals surface area contributed by atoms with Crippen LogP contribution in [0, 0.1) is 0 Å². The fourth-order valence-electron chi connectivity index (χ4n) is 10.1. The summed E-state index contributed by atoms with van der Waals surface area (Å²) in [7, 11) is 0. The Morgan fingerprint density at radius 1 is 0.329 bits per heavy atom. The number of hydrogen-bond donors (Lipinski definition) is 5. The van der Waals surface area contributed by atoms with E-state index in [4.69, 9.17) is 0 Å². The van der Waals surface area contributed by atoms with Crippen LogP contribution in [0.15, 0.2) is 48.6 Å². The van der Waals surface area contributed by atoms with Gasteiger partial charge in [-0.2, -0.15) is 0 Å². The highest BCUT2D eigenvalue weighted by Crippen LogP contribution is 2.18. The molecule has 0 saturated heterocycles. The summed E-state index contributed by atoms with van der Waals surface area (Å²) in [6, 6.07) is -1.01. The number of rotatable bonds is 60. The minimum absolute atomic E-state index is 0.359. The Labute approximate surface area is 455 Å². The molecule has 0 bridgehead atoms. The van der Waals surface area contributed by atoms with E-state index in [0.29, 0.717) is 19.3 Å². The number of amides is 1. The van der Waals surface area contributed by atoms with E-state index >= 15 is 0 Å². The number of hydrogen-bond acceptors (Lipinski definition) is 5. The Kier molecular flexibility index (Phi) is 59.7. The lowest BCUT2D eigenvalue weighted by atomic mass is 10.00. The number of unbranched alkanes of at least 4 members (excludes halogenated alkanes) is 43. The number of carbonyl (C=O) groups is 1. The van der Waals surface area contributed by atoms with Crippen LogP contribution in [0.5, 0.6) is 0 Å². The van der Waals surface area contributed by atoms with Crippen LogP contribution >= 0.6 is 0 Å². The van der Waals surface area contributed by atoms with Crippen LogP contribution in [-0.4, -0.2) is 57.3 Å². The fourth-order valence-corrected chi connectivity index (χ4v) is 10.1. The van der Waals surface area contributed by atoms with E-state index in [1.807, 2.05) is 0 Å². The van der Waals surface area contributed by atoms with Crippen molar-refractivity contribution in [1.82, 2.24) is 5.32 Å². The third-order valence-corrected chi connectivity index (χ3v) is 15.2. The number of allylic oxidation sites excluding steroid dienone is 8. The first-order valence-corrected chi connectivity index (χ1v) is 32.5. The number of aliphatic hydroxyl groups excluding tert-OH is 4. The van der Waals surface area contributed by atoms with E-state index in [9.17, 15) is 25.2 Å². The Hall–Kier alpha value is -1.73. The maximum Gasteiger partial charge on any atom is 0.249 e. The lowest BCUT2D eigenvalue weighted by Gasteiger charge is -2.27. The zero-order valence-electron chi connectivity index (χ0n) is 48.9. The molecule has 0 aliphatic carbocycles. The molecule has 0 aromatic carbocycles. The third kappa shape index (κ3) is 54.9. The first kappa shape index (κ1) is 71.3. The van der Waals surface area contributed by atoms with Crippen LogP contribution in [-0.2, 0) is 4.79 Å². The van der Waals surface area contributed by atoms with Gasteiger partial charge in [-0.15, -0.1) is 0 Å². The number of carbonyl (C=O) groups excluding carboxylic acids is 1. The van der Waals surface area contributed by atoms with Crippen molar-refractivity contribution in [3.05, 3.63) is 48.6 Å². The van der Waals surface area contributed by atoms with Crippen molar-refractivity contribution < 1.29 is 25.2 Å². The summed E-state index contributed by atoms with van der Waals surface area (Å²) in [4.78, 5) is 12.6. The van der Waals surface area contributed by atoms with Crippen molar-refractivity contribution in [3.8, 4) is 0 Å². The smallest absolute Gasteiger partial charge is 0.249 e. The van der Waals surface area contributed by atoms with Gasteiger partial charge in [0.1, 0.15) is 12.2 Å². The predicted octanol–water partition coefficient (Wildman–Crippen LogP) is 19.7. The molecule has 6 heteroatoms. The molecule has 0 aromatic heterocycles. The van der Waals surface area contributed by atoms with Crippen molar-refractivity contribution >= 4 is 5.91 Å². The Morgan fingerprint density at radius 2 is 0.575 bits per heavy atom. The van der Waals surface area contributed by atoms with Crippen LogP contribution in [0.1, 0.15) is 341 Å². The normalized spacial score (nSPS) is 13.9. The highest BCUT2D eigenvalue weighted by atomic mass is 16.3. The molecule has 0 aliphatic heterocycles. The Morgan fingerprint density at radius 3 is 0.863 bits per heavy atom. The molecule has 6 nitrogen and oxygen atoms in total. The average Bonchev–Trinajstić information content (AvgIpc) is 3.40. The molecule has 4 unspecified atom stereocenters. The van der Waals surface area contributed by atoms with Crippen LogP contribution in [0.2, 0.25) is 0 Å². The van der Waals surface area contributed by atoms with E-state index in [-0.39, 0.29) is 0 Å². The zero-order valence-corrected chi connectivity index (χ0v) is 48.9. The van der Waals surface area contributed by atoms with Gasteiger partial charge in [0.2, 0.25) is 5.91 Å². The maximum atomic E-state index is 12.6. The van der Waals surface area contributed by atoms with Gasteiger partial charge in [0, 0.05) is 0 Å². The van der Waals surface area contributed by atoms with E-state index in [0.717, 1.165) is 51.4 Å². The van der Waals surface area contributed by atoms with Gasteiger partial charge in [0.25, 0.3) is 0 Å². The van der Waals surface area contributed by atoms with Crippen LogP contribution in [0.4, 0.5) is 0 Å². The van der Waals surface area contributed by atoms with Crippen LogP contribution < -0.4 is 5.32 Å². The quantitative estimate of drug-likeness (QED) is 0.0308. The molecule has 0 rings (SSSR count). The first-order chi connectivity index (χ1) is 36.0. The summed E-state index contributed by atoms with van der Waals surface area (Å²) < 4.78 is 0. The summed E-state index contributed by atoms with van der Waals surface area (Å²) in [6.07, 6.45) is 79.3. The molecule has 0 radical (unpaired) electrons. The second-order valence-corrected chi connectivity index (χ2v) is 22.4. The monoisotopic (exact) mass is 1030 g/mol. The van der Waals surface area contributed by atoms with Gasteiger partial charge in [-0.05, 0) is 89.9 Å². The minimum atomic E-state index is -1.30. The van der Waals surface area contributed by atoms with Crippen molar-refractivity contribution in [1.29, 1.82) is 0 Å². The lowest BCUT2D eigenvalue weighted by Crippen LogP contribution is -2.53. The lowest BCUT2D eigenvalue weighted by molar-refractivity contribution is -0.132. The molecule has 0 aromatic rings. The predicted molar refractivity (Wildman–Crippen MR) is 320 cm³/mol. The highest BCUT2D eigenvalue weighted by Gasteiger charge is 2.28. The molecule has 430 valence electrons. The molecule has 0 saturated carbocycles. The highest BCUT2D eigenvalue weighted by molar-refractivity contribution is 5.80. The van der Waals surface area contributed by atoms with Gasteiger partial charge in [-0.1, -0.05) is 300 Å². The Bertz CT molecular complexity index is 1200. The topological polar surface area (TPSA) is 110 Å². The molecule has 0 spiro atoms. The van der Waals surface area contributed by atoms with Gasteiger partial charge in [-0.3, -0.25) is 4.79 Å². The Balaban J connectivity index is 3.64. The third-order valence-electron chi connectivity index (χ3n) is 15.2. The van der Waals surface area contributed by atoms with E-state index < -0.39 is 36.9 Å². The van der Waals surface area contributed by atoms with Crippen LogP contribution in [0.3, 0.4) is 0 Å². The van der Waals surface area contributed by atoms with Gasteiger partial charge in [0.15, 0.2) is 0 Å². The molecule has 73 heavy (non-hydrogen) atoms. The summed E-state index contributed by atoms with van der Waals surface area (Å²) in [5, 5.41) is 44.1. The van der Waals surface area contributed by atoms with Crippen LogP contribution in [0.25, 0.3) is 0 Å². The van der Waals surface area contributed by atoms with Gasteiger partial charge in [0.05, 0.1) is 18.8 Å². The fraction of sp³-hybridized carbons (Fsp3) is 0.866. The standard InChI is InChI=1S/C67H127NO5/c1-3-5-7-9-11-13-15-17-19-21-23-25-27-29-31-32-33-34-35-37-39-41-43-45-47-49-51-53-55-57-59-61-65(71)67(73)68-63(62-69)66(72)64(70)60-58-56-54-52-50-48-46-44-42-40-38-36-30-28-26-24-22-20-18-16-14-12-10-8-6-4-2/h29,31,36,38,44,46,52,54,63-66,69-72H,3-28,30,32-35,37,39-43,45,47-51,53,55-62H2,1-2H3,(H,68,73)/b31-29-,38-36+,46-44+,54-52+. The van der Waals surface area contributed by atoms with Gasteiger partial charge >= 0.3 is 0 Å². The van der Waals surface area contributed by atoms with Gasteiger partial charge < -0.3 is 25.7 Å². The van der Waals surface area contributed by atoms with E-state index in [1.165, 1.54) is 257 Å². The van der Waals surface area contributed by atoms with E-state index in [2.05, 4.69) is 67.8 Å². The zero-order chi connectivity index (χ0) is 53.0. The molecular formula is C67H127NO5. The molecule has 5 N–H and O–H groups in total. The molecule has 4 atom stereocenters. The van der Waals surface area contributed by atoms with E-state index in [1.54, 1.807) is 0 Å². The second-order valence-electron chi connectivity index (χ2n) is 22.4. The molecule has 1 amide bonds. The molecule has 0 heterocycles. The number of nitrogens with one attached hydrogen (secondary N) is 1. The SMILES string of the molecule is CCCCCCCCCCCCCC/C=C\CCCCCCCCCCCCCCCCCC(O)C(=O)NC(CO)C(O)C(O)CCC/C=C/CC/C=C/CC/C=C/CCCCCCCCCCCCCCC. The van der Waals surface area contributed by atoms with Gasteiger partial charge in [-0.25, -0.2) is 0 Å². The summed E-state index contributed by atoms with van der Waals surface area (Å²) in [5.74, 6) is -0.595. The summed E-state index contributed by atoms with van der Waals surface area (Å²) in [5.41, 5.74) is 0. The maximum absolute atomic E-state index is 12.6. The molecule has 0 fully saturated rings. The number of aliphatic hydroxyl groups is 4. The first-order valence-electron chi connectivity index (χ1n) is 32.5. The summed E-state index contributed by atoms with van der Waals surface area (Å²) in [6.45, 7) is 4.08. The van der Waals surface area contributed by atoms with Crippen molar-refractivity contribution in [3.63, 3.8) is 0 Å². The van der Waals surface area contributed by atoms with Crippen molar-refractivity contribution in [2.24, 2.45) is 0 Å². The summed E-state index contributed by atoms with van der Waals surface area (Å²) >= 11 is 0. The largest absolute Gasteiger partial charge is 0.394 e. The van der Waals surface area contributed by atoms with Crippen molar-refractivity contribution in [2.75, 3.05) is 6.61 Å². The molecular weight excluding hydrogens is 899 g/mol. The molecule has 0 aliphatic rings. The average molecular weight is 1030 g/mol. The minimum Gasteiger partial charge on any atom is -0.394 e. The van der Waals surface area contributed by atoms with Crippen molar-refractivity contribution in [2.45, 2.75) is 366 Å². The second kappa shape index (κ2) is 61.1.